The summed E-state index contributed by atoms with van der Waals surface area (Å²) in [7, 11) is 0. The van der Waals surface area contributed by atoms with Crippen molar-refractivity contribution in [1.29, 1.82) is 0 Å². The Morgan fingerprint density at radius 2 is 0.402 bits per heavy atom. The van der Waals surface area contributed by atoms with Crippen LogP contribution in [0.1, 0.15) is 77.6 Å². The van der Waals surface area contributed by atoms with Gasteiger partial charge in [0.25, 0.3) is 0 Å². The van der Waals surface area contributed by atoms with Gasteiger partial charge in [-0.15, -0.1) is 0 Å². The zero-order valence-corrected chi connectivity index (χ0v) is 59.2. The maximum absolute atomic E-state index is 2.80. The average molecular weight is 1470 g/mol. The summed E-state index contributed by atoms with van der Waals surface area (Å²) in [6, 6.07) is 90.4. The molecule has 4 unspecified atom stereocenters. The maximum atomic E-state index is 2.57. The molecule has 4 aliphatic rings. The van der Waals surface area contributed by atoms with E-state index in [4.69, 9.17) is 0 Å². The first kappa shape index (κ1) is 61.0. The minimum absolute atomic E-state index is 0. The minimum atomic E-state index is -2.80. The van der Waals surface area contributed by atoms with Crippen LogP contribution in [0.25, 0.3) is 22.3 Å². The van der Waals surface area contributed by atoms with Crippen molar-refractivity contribution in [3.8, 4) is 0 Å². The van der Waals surface area contributed by atoms with Gasteiger partial charge in [-0.05, 0) is 0 Å². The Morgan fingerprint density at radius 1 is 0.244 bits per heavy atom. The second kappa shape index (κ2) is 27.9. The fraction of sp³-hybridized carbons (Fsp3) is 0.158. The third-order valence-electron chi connectivity index (χ3n) is 16.9. The first-order chi connectivity index (χ1) is 39.1. The van der Waals surface area contributed by atoms with Crippen molar-refractivity contribution in [3.05, 3.63) is 325 Å². The molecule has 0 N–H and O–H groups in total. The van der Waals surface area contributed by atoms with Crippen molar-refractivity contribution in [2.24, 2.45) is 23.7 Å². The van der Waals surface area contributed by atoms with Gasteiger partial charge in [0.1, 0.15) is 0 Å². The van der Waals surface area contributed by atoms with E-state index in [1.54, 1.807) is 43.0 Å². The van der Waals surface area contributed by atoms with Gasteiger partial charge in [-0.1, -0.05) is 0 Å². The molecule has 0 radical (unpaired) electrons. The van der Waals surface area contributed by atoms with Gasteiger partial charge < -0.3 is 24.8 Å². The molecular formula is C76H72Cl2Hf2Si2-2. The molecule has 0 aliphatic heterocycles. The molecule has 0 aromatic heterocycles. The summed E-state index contributed by atoms with van der Waals surface area (Å²) in [6.45, 7) is 19.6. The van der Waals surface area contributed by atoms with E-state index in [-0.39, 0.29) is 24.8 Å². The van der Waals surface area contributed by atoms with Gasteiger partial charge in [0.2, 0.25) is 0 Å². The normalized spacial score (nSPS) is 18.1. The Labute approximate surface area is 517 Å². The molecule has 4 atom stereocenters. The zero-order chi connectivity index (χ0) is 55.3. The van der Waals surface area contributed by atoms with E-state index in [1.165, 1.54) is 44.5 Å². The largest absolute Gasteiger partial charge is 1.00 e. The quantitative estimate of drug-likeness (QED) is 0.107. The second-order valence-corrected chi connectivity index (χ2v) is 58.0. The molecule has 0 saturated heterocycles. The van der Waals surface area contributed by atoms with E-state index in [9.17, 15) is 0 Å². The van der Waals surface area contributed by atoms with E-state index in [2.05, 4.69) is 322 Å². The number of hydrogen-bond donors (Lipinski definition) is 0. The summed E-state index contributed by atoms with van der Waals surface area (Å²) in [5.41, 5.74) is 15.4. The predicted octanol–water partition coefficient (Wildman–Crippen LogP) is 10.9. The van der Waals surface area contributed by atoms with Crippen molar-refractivity contribution >= 4 is 54.0 Å². The van der Waals surface area contributed by atoms with Crippen LogP contribution in [-0.4, -0.2) is 11.0 Å². The van der Waals surface area contributed by atoms with Crippen LogP contribution in [0.5, 0.6) is 0 Å². The fourth-order valence-electron chi connectivity index (χ4n) is 13.3. The van der Waals surface area contributed by atoms with E-state index in [0.29, 0.717) is 23.7 Å². The Hall–Kier alpha value is -5.57. The summed E-state index contributed by atoms with van der Waals surface area (Å²) in [6.07, 6.45) is 10.3. The van der Waals surface area contributed by atoms with Crippen molar-refractivity contribution in [1.82, 2.24) is 0 Å². The molecular weight excluding hydrogens is 1400 g/mol. The third kappa shape index (κ3) is 12.6. The van der Waals surface area contributed by atoms with Crippen LogP contribution in [0.2, 0.25) is 0 Å². The summed E-state index contributed by atoms with van der Waals surface area (Å²) in [5, 5.41) is 6.29. The van der Waals surface area contributed by atoms with Crippen LogP contribution >= 0.6 is 0 Å². The monoisotopic (exact) mass is 1470 g/mol. The van der Waals surface area contributed by atoms with Crippen molar-refractivity contribution in [3.63, 3.8) is 0 Å². The van der Waals surface area contributed by atoms with Gasteiger partial charge in [0.05, 0.1) is 0 Å². The van der Waals surface area contributed by atoms with Crippen LogP contribution in [0, 0.1) is 23.7 Å². The van der Waals surface area contributed by atoms with Crippen molar-refractivity contribution < 1.29 is 64.9 Å². The van der Waals surface area contributed by atoms with E-state index in [1.807, 2.05) is 13.3 Å². The van der Waals surface area contributed by atoms with Gasteiger partial charge >= 0.3 is 498 Å². The van der Waals surface area contributed by atoms with Gasteiger partial charge in [0.15, 0.2) is 0 Å². The topological polar surface area (TPSA) is 0 Å². The molecule has 0 heterocycles. The molecule has 4 aliphatic carbocycles. The molecule has 408 valence electrons. The molecule has 0 bridgehead atoms. The maximum Gasteiger partial charge on any atom is -1.00 e. The Kier molecular flexibility index (Phi) is 20.7. The molecule has 6 heteroatoms. The number of hydrogen-bond acceptors (Lipinski definition) is 0. The minimum Gasteiger partial charge on any atom is -1.00 e. The first-order valence-corrected chi connectivity index (χ1v) is 49.7. The van der Waals surface area contributed by atoms with Gasteiger partial charge in [-0.3, -0.25) is 0 Å². The Bertz CT molecular complexity index is 3400. The van der Waals surface area contributed by atoms with Crippen LogP contribution < -0.4 is 45.6 Å². The van der Waals surface area contributed by atoms with Crippen molar-refractivity contribution in [2.45, 2.75) is 55.4 Å². The standard InChI is InChI=1S/4C13H13.2C12H10Si.2ClH.2Hf/c4*1-10-8-11(2)13(9-10)12-6-4-3-5-7-12;2*1-3-7-11(8-4-1)13-12-9-5-2-6-10-12;;;;/h4*3-7,9-10H,1-2H3;2*1-10H;2*1H;;/p-2. The second-order valence-electron chi connectivity index (χ2n) is 22.1. The molecule has 0 saturated carbocycles. The molecule has 0 spiro atoms. The molecule has 8 aromatic rings. The molecule has 12 rings (SSSR count). The predicted molar refractivity (Wildman–Crippen MR) is 341 cm³/mol. The molecule has 0 fully saturated rings. The van der Waals surface area contributed by atoms with Crippen LogP contribution in [-0.2, 0) is 40.1 Å². The molecule has 82 heavy (non-hydrogen) atoms. The smallest absolute Gasteiger partial charge is 1.00 e. The Balaban J connectivity index is 0.000000193. The summed E-state index contributed by atoms with van der Waals surface area (Å²) < 4.78 is 7.26. The first-order valence-electron chi connectivity index (χ1n) is 28.7. The summed E-state index contributed by atoms with van der Waals surface area (Å²) >= 11 is -5.60. The number of benzene rings is 8. The van der Waals surface area contributed by atoms with Gasteiger partial charge in [-0.25, -0.2) is 0 Å². The number of halogens is 2. The van der Waals surface area contributed by atoms with Crippen molar-refractivity contribution in [2.75, 3.05) is 0 Å². The number of allylic oxidation sites excluding steroid dienone is 16. The zero-order valence-electron chi connectivity index (χ0n) is 48.5. The molecule has 0 nitrogen and oxygen atoms in total. The van der Waals surface area contributed by atoms with Crippen LogP contribution in [0.4, 0.5) is 0 Å². The summed E-state index contributed by atoms with van der Waals surface area (Å²) in [4.78, 5) is 0. The van der Waals surface area contributed by atoms with Gasteiger partial charge in [-0.2, -0.15) is 0 Å². The molecule has 8 aromatic carbocycles. The van der Waals surface area contributed by atoms with Crippen LogP contribution in [0.15, 0.2) is 303 Å². The van der Waals surface area contributed by atoms with Gasteiger partial charge in [0, 0.05) is 0 Å². The average Bonchev–Trinajstić information content (AvgIpc) is 4.32. The fourth-order valence-corrected chi connectivity index (χ4v) is 80.3. The van der Waals surface area contributed by atoms with Crippen LogP contribution in [0.3, 0.4) is 0 Å². The third-order valence-corrected chi connectivity index (χ3v) is 73.2. The Morgan fingerprint density at radius 3 is 0.573 bits per heavy atom. The van der Waals surface area contributed by atoms with E-state index >= 15 is 0 Å². The SMILES string of the molecule is CC1=[C]([Hf]([C]2=C(C)C(c3ccccc3)=CC2C)=[Si](c2ccccc2)c2ccccc2)C(C)C=C1c1ccccc1.CC1=[C]([Hf]([C]2=C(C)C(c3ccccc3)=CC2C)=[Si](c2ccccc2)c2ccccc2)C(C)C=C1c1ccccc1.[Cl-].[Cl-]. The summed E-state index contributed by atoms with van der Waals surface area (Å²) in [5.74, 6) is 1.88. The molecule has 0 amide bonds. The van der Waals surface area contributed by atoms with E-state index < -0.39 is 51.1 Å². The number of rotatable bonds is 12. The van der Waals surface area contributed by atoms with E-state index in [0.717, 1.165) is 0 Å².